The molecule has 0 bridgehead atoms. The Bertz CT molecular complexity index is 521. The normalized spacial score (nSPS) is 25.4. The van der Waals surface area contributed by atoms with E-state index >= 15 is 0 Å². The van der Waals surface area contributed by atoms with Crippen molar-refractivity contribution in [3.05, 3.63) is 11.8 Å². The van der Waals surface area contributed by atoms with Crippen LogP contribution in [0.3, 0.4) is 0 Å². The van der Waals surface area contributed by atoms with Crippen LogP contribution in [0.25, 0.3) is 0 Å². The Kier molecular flexibility index (Phi) is 2.28. The summed E-state index contributed by atoms with van der Waals surface area (Å²) in [7, 11) is 1.54. The predicted octanol–water partition coefficient (Wildman–Crippen LogP) is 1.29. The second-order valence-electron chi connectivity index (χ2n) is 4.20. The van der Waals surface area contributed by atoms with E-state index in [2.05, 4.69) is 5.10 Å². The molecular weight excluding hydrogens is 252 g/mol. The largest absolute Gasteiger partial charge is 0.370 e. The molecule has 2 heterocycles. The second-order valence-corrected chi connectivity index (χ2v) is 6.71. The summed E-state index contributed by atoms with van der Waals surface area (Å²) in [5.41, 5.74) is 0.841. The molecule has 1 aromatic heterocycles. The molecule has 0 spiro atoms. The van der Waals surface area contributed by atoms with Gasteiger partial charge in [-0.05, 0) is 18.8 Å². The molecule has 0 radical (unpaired) electrons. The van der Waals surface area contributed by atoms with E-state index in [9.17, 15) is 8.42 Å². The van der Waals surface area contributed by atoms with Crippen LogP contribution < -0.4 is 0 Å². The quantitative estimate of drug-likeness (QED) is 0.754. The SMILES string of the molecule is O=S(=O)(Cl)c1cc2n(n1)CCOC2C1CC1. The minimum absolute atomic E-state index is 0.00610. The minimum Gasteiger partial charge on any atom is -0.370 e. The monoisotopic (exact) mass is 262 g/mol. The van der Waals surface area contributed by atoms with Crippen molar-refractivity contribution in [1.82, 2.24) is 9.78 Å². The first-order chi connectivity index (χ1) is 7.55. The van der Waals surface area contributed by atoms with Crippen LogP contribution in [0.1, 0.15) is 24.6 Å². The van der Waals surface area contributed by atoms with Gasteiger partial charge in [0.05, 0.1) is 18.8 Å². The molecule has 1 unspecified atom stereocenters. The molecule has 1 atom stereocenters. The van der Waals surface area contributed by atoms with Crippen molar-refractivity contribution in [2.24, 2.45) is 5.92 Å². The van der Waals surface area contributed by atoms with Crippen LogP contribution >= 0.6 is 10.7 Å². The van der Waals surface area contributed by atoms with Crippen LogP contribution in [0, 0.1) is 5.92 Å². The Balaban J connectivity index is 2.04. The van der Waals surface area contributed by atoms with E-state index in [0.717, 1.165) is 18.5 Å². The third-order valence-electron chi connectivity index (χ3n) is 2.98. The van der Waals surface area contributed by atoms with E-state index in [0.29, 0.717) is 19.1 Å². The van der Waals surface area contributed by atoms with Crippen LogP contribution in [0.4, 0.5) is 0 Å². The summed E-state index contributed by atoms with van der Waals surface area (Å²) >= 11 is 0. The van der Waals surface area contributed by atoms with Crippen LogP contribution in [-0.2, 0) is 20.3 Å². The highest BCUT2D eigenvalue weighted by Crippen LogP contribution is 2.44. The molecule has 7 heteroatoms. The van der Waals surface area contributed by atoms with Crippen molar-refractivity contribution >= 4 is 19.7 Å². The Labute approximate surface area is 97.8 Å². The van der Waals surface area contributed by atoms with Crippen molar-refractivity contribution in [2.75, 3.05) is 6.61 Å². The number of hydrogen-bond acceptors (Lipinski definition) is 4. The molecule has 1 aliphatic carbocycles. The molecule has 2 aliphatic rings. The third kappa shape index (κ3) is 1.74. The lowest BCUT2D eigenvalue weighted by molar-refractivity contribution is 0.00273. The molecule has 1 aliphatic heterocycles. The molecule has 0 aromatic carbocycles. The highest BCUT2D eigenvalue weighted by atomic mass is 35.7. The van der Waals surface area contributed by atoms with Crippen molar-refractivity contribution in [2.45, 2.75) is 30.5 Å². The number of halogens is 1. The number of hydrogen-bond donors (Lipinski definition) is 0. The van der Waals surface area contributed by atoms with Crippen LogP contribution in [-0.4, -0.2) is 24.8 Å². The Morgan fingerprint density at radius 3 is 2.88 bits per heavy atom. The van der Waals surface area contributed by atoms with Gasteiger partial charge in [-0.25, -0.2) is 8.42 Å². The molecule has 88 valence electrons. The molecule has 0 amide bonds. The highest BCUT2D eigenvalue weighted by molar-refractivity contribution is 8.13. The molecule has 16 heavy (non-hydrogen) atoms. The number of rotatable bonds is 2. The number of nitrogens with zero attached hydrogens (tertiary/aromatic N) is 2. The molecule has 5 nitrogen and oxygen atoms in total. The fraction of sp³-hybridized carbons (Fsp3) is 0.667. The van der Waals surface area contributed by atoms with Crippen LogP contribution in [0.15, 0.2) is 11.1 Å². The zero-order valence-corrected chi connectivity index (χ0v) is 10.0. The standard InChI is InChI=1S/C9H11ClN2O3S/c10-16(13,14)8-5-7-9(6-1-2-6)15-4-3-12(7)11-8/h5-6,9H,1-4H2. The van der Waals surface area contributed by atoms with Gasteiger partial charge in [0, 0.05) is 16.7 Å². The van der Waals surface area contributed by atoms with Gasteiger partial charge in [0.25, 0.3) is 9.05 Å². The lowest BCUT2D eigenvalue weighted by Crippen LogP contribution is -2.23. The average molecular weight is 263 g/mol. The first-order valence-electron chi connectivity index (χ1n) is 5.20. The lowest BCUT2D eigenvalue weighted by atomic mass is 10.1. The van der Waals surface area contributed by atoms with Crippen molar-refractivity contribution < 1.29 is 13.2 Å². The first kappa shape index (κ1) is 10.6. The maximum atomic E-state index is 11.2. The highest BCUT2D eigenvalue weighted by Gasteiger charge is 2.38. The van der Waals surface area contributed by atoms with E-state index in [-0.39, 0.29) is 11.1 Å². The van der Waals surface area contributed by atoms with Gasteiger partial charge in [0.15, 0.2) is 5.03 Å². The van der Waals surface area contributed by atoms with Crippen molar-refractivity contribution in [3.63, 3.8) is 0 Å². The smallest absolute Gasteiger partial charge is 0.280 e. The minimum atomic E-state index is -3.74. The van der Waals surface area contributed by atoms with Crippen molar-refractivity contribution in [1.29, 1.82) is 0 Å². The zero-order valence-electron chi connectivity index (χ0n) is 8.47. The van der Waals surface area contributed by atoms with Crippen LogP contribution in [0.5, 0.6) is 0 Å². The maximum Gasteiger partial charge on any atom is 0.280 e. The Hall–Kier alpha value is -0.590. The molecule has 0 saturated heterocycles. The molecule has 1 saturated carbocycles. The molecular formula is C9H11ClN2O3S. The number of ether oxygens (including phenoxy) is 1. The third-order valence-corrected chi connectivity index (χ3v) is 4.15. The van der Waals surface area contributed by atoms with Gasteiger partial charge in [-0.3, -0.25) is 4.68 Å². The maximum absolute atomic E-state index is 11.2. The summed E-state index contributed by atoms with van der Waals surface area (Å²) in [6.07, 6.45) is 2.27. The van der Waals surface area contributed by atoms with Gasteiger partial charge >= 0.3 is 0 Å². The van der Waals surface area contributed by atoms with Gasteiger partial charge in [-0.15, -0.1) is 0 Å². The molecule has 1 fully saturated rings. The fourth-order valence-corrected chi connectivity index (χ4v) is 2.75. The van der Waals surface area contributed by atoms with E-state index < -0.39 is 9.05 Å². The Morgan fingerprint density at radius 1 is 1.50 bits per heavy atom. The zero-order chi connectivity index (χ0) is 11.3. The number of aromatic nitrogens is 2. The van der Waals surface area contributed by atoms with E-state index in [1.165, 1.54) is 6.07 Å². The lowest BCUT2D eigenvalue weighted by Gasteiger charge is -2.23. The summed E-state index contributed by atoms with van der Waals surface area (Å²) in [4.78, 5) is 0. The molecule has 0 N–H and O–H groups in total. The second kappa shape index (κ2) is 3.45. The number of fused-ring (bicyclic) bond motifs is 1. The first-order valence-corrected chi connectivity index (χ1v) is 7.50. The average Bonchev–Trinajstić information content (AvgIpc) is 2.93. The molecule has 1 aromatic rings. The van der Waals surface area contributed by atoms with E-state index in [4.69, 9.17) is 15.4 Å². The summed E-state index contributed by atoms with van der Waals surface area (Å²) < 4.78 is 29.7. The Morgan fingerprint density at radius 2 is 2.25 bits per heavy atom. The molecule has 3 rings (SSSR count). The van der Waals surface area contributed by atoms with Crippen molar-refractivity contribution in [3.8, 4) is 0 Å². The summed E-state index contributed by atoms with van der Waals surface area (Å²) in [6, 6.07) is 1.53. The fourth-order valence-electron chi connectivity index (χ4n) is 2.06. The summed E-state index contributed by atoms with van der Waals surface area (Å²) in [6.45, 7) is 1.17. The van der Waals surface area contributed by atoms with E-state index in [1.54, 1.807) is 4.68 Å². The van der Waals surface area contributed by atoms with Gasteiger partial charge in [-0.1, -0.05) is 0 Å². The topological polar surface area (TPSA) is 61.2 Å². The van der Waals surface area contributed by atoms with Gasteiger partial charge < -0.3 is 4.74 Å². The van der Waals surface area contributed by atoms with E-state index in [1.807, 2.05) is 0 Å². The van der Waals surface area contributed by atoms with Crippen LogP contribution in [0.2, 0.25) is 0 Å². The summed E-state index contributed by atoms with van der Waals surface area (Å²) in [5, 5.41) is 3.93. The summed E-state index contributed by atoms with van der Waals surface area (Å²) in [5.74, 6) is 0.515. The van der Waals surface area contributed by atoms with Gasteiger partial charge in [0.1, 0.15) is 6.10 Å². The predicted molar refractivity (Wildman–Crippen MR) is 56.7 cm³/mol. The van der Waals surface area contributed by atoms with Gasteiger partial charge in [-0.2, -0.15) is 5.10 Å². The van der Waals surface area contributed by atoms with Gasteiger partial charge in [0.2, 0.25) is 0 Å².